The fourth-order valence-electron chi connectivity index (χ4n) is 5.36. The summed E-state index contributed by atoms with van der Waals surface area (Å²) in [7, 11) is 0. The molecule has 0 atom stereocenters. The molecule has 8 heteroatoms. The molecule has 1 saturated heterocycles. The molecule has 43 heavy (non-hydrogen) atoms. The van der Waals surface area contributed by atoms with Crippen molar-refractivity contribution in [3.8, 4) is 5.69 Å². The Morgan fingerprint density at radius 3 is 2.12 bits per heavy atom. The van der Waals surface area contributed by atoms with E-state index in [0.29, 0.717) is 36.3 Å². The van der Waals surface area contributed by atoms with Crippen LogP contribution < -0.4 is 0 Å². The van der Waals surface area contributed by atoms with Crippen LogP contribution >= 0.6 is 0 Å². The molecule has 0 bridgehead atoms. The van der Waals surface area contributed by atoms with Gasteiger partial charge in [-0.05, 0) is 67.4 Å². The number of hydrogen-bond acceptors (Lipinski definition) is 7. The number of oxime groups is 1. The zero-order chi connectivity index (χ0) is 29.9. The van der Waals surface area contributed by atoms with E-state index in [1.54, 1.807) is 25.1 Å². The summed E-state index contributed by atoms with van der Waals surface area (Å²) in [5, 5.41) is 5.55. The van der Waals surface area contributed by atoms with Crippen LogP contribution in [0, 0.1) is 0 Å². The Balaban J connectivity index is 1.47. The van der Waals surface area contributed by atoms with E-state index in [4.69, 9.17) is 14.3 Å². The van der Waals surface area contributed by atoms with Gasteiger partial charge in [0.25, 0.3) is 0 Å². The van der Waals surface area contributed by atoms with E-state index in [9.17, 15) is 14.4 Å². The molecule has 0 unspecified atom stereocenters. The van der Waals surface area contributed by atoms with Crippen LogP contribution in [0.4, 0.5) is 0 Å². The zero-order valence-corrected chi connectivity index (χ0v) is 23.9. The molecule has 1 aliphatic rings. The van der Waals surface area contributed by atoms with E-state index in [1.807, 2.05) is 72.8 Å². The van der Waals surface area contributed by atoms with Gasteiger partial charge < -0.3 is 18.9 Å². The highest BCUT2D eigenvalue weighted by molar-refractivity contribution is 6.46. The number of carbonyl (C=O) groups is 3. The fraction of sp³-hybridized carbons (Fsp3) is 0.200. The Hall–Kier alpha value is -4.92. The third-order valence-corrected chi connectivity index (χ3v) is 7.46. The van der Waals surface area contributed by atoms with Crippen LogP contribution in [-0.4, -0.2) is 41.0 Å². The van der Waals surface area contributed by atoms with Gasteiger partial charge >= 0.3 is 5.97 Å². The molecule has 1 aliphatic heterocycles. The smallest absolute Gasteiger partial charge is 0.331 e. The molecule has 0 N–H and O–H groups in total. The van der Waals surface area contributed by atoms with Gasteiger partial charge in [-0.2, -0.15) is 0 Å². The first-order valence-corrected chi connectivity index (χ1v) is 14.2. The maximum atomic E-state index is 13.4. The topological polar surface area (TPSA) is 96.2 Å². The number of fused-ring (bicyclic) bond motifs is 3. The lowest BCUT2D eigenvalue weighted by molar-refractivity contribution is -0.182. The number of ether oxygens (including phenoxy) is 2. The van der Waals surface area contributed by atoms with Crippen LogP contribution in [-0.2, 0) is 19.1 Å². The van der Waals surface area contributed by atoms with Gasteiger partial charge in [0.2, 0.25) is 5.78 Å². The second-order valence-electron chi connectivity index (χ2n) is 10.3. The van der Waals surface area contributed by atoms with Crippen molar-refractivity contribution in [1.82, 2.24) is 4.57 Å². The third-order valence-electron chi connectivity index (χ3n) is 7.46. The summed E-state index contributed by atoms with van der Waals surface area (Å²) in [6, 6.07) is 28.3. The number of aromatic nitrogens is 1. The van der Waals surface area contributed by atoms with Crippen molar-refractivity contribution in [2.75, 3.05) is 13.2 Å². The van der Waals surface area contributed by atoms with Gasteiger partial charge in [-0.1, -0.05) is 48.5 Å². The van der Waals surface area contributed by atoms with Crippen LogP contribution in [0.5, 0.6) is 0 Å². The molecule has 0 aliphatic carbocycles. The van der Waals surface area contributed by atoms with E-state index in [-0.39, 0.29) is 17.3 Å². The number of hydrogen-bond donors (Lipinski definition) is 0. The molecule has 0 saturated carbocycles. The van der Waals surface area contributed by atoms with Gasteiger partial charge in [-0.15, -0.1) is 0 Å². The minimum atomic E-state index is -0.589. The number of ketones is 2. The maximum absolute atomic E-state index is 13.4. The number of Topliss-reactive ketones (excluding diaryl/α,β-unsaturated/α-hetero) is 1. The molecule has 4 aromatic carbocycles. The maximum Gasteiger partial charge on any atom is 0.331 e. The summed E-state index contributed by atoms with van der Waals surface area (Å²) < 4.78 is 13.8. The van der Waals surface area contributed by atoms with Gasteiger partial charge in [0, 0.05) is 45.6 Å². The summed E-state index contributed by atoms with van der Waals surface area (Å²) in [5.41, 5.74) is 5.37. The zero-order valence-electron chi connectivity index (χ0n) is 23.9. The van der Waals surface area contributed by atoms with Crippen LogP contribution in [0.2, 0.25) is 0 Å². The normalized spacial score (nSPS) is 14.2. The van der Waals surface area contributed by atoms with Crippen molar-refractivity contribution >= 4 is 45.1 Å². The van der Waals surface area contributed by atoms with Gasteiger partial charge in [0.05, 0.1) is 24.2 Å². The summed E-state index contributed by atoms with van der Waals surface area (Å²) in [6.45, 7) is 4.27. The van der Waals surface area contributed by atoms with Crippen molar-refractivity contribution in [2.24, 2.45) is 5.16 Å². The van der Waals surface area contributed by atoms with Crippen LogP contribution in [0.15, 0.2) is 96.2 Å². The molecule has 1 aromatic heterocycles. The van der Waals surface area contributed by atoms with E-state index >= 15 is 0 Å². The molecule has 1 fully saturated rings. The summed E-state index contributed by atoms with van der Waals surface area (Å²) >= 11 is 0. The lowest BCUT2D eigenvalue weighted by Crippen LogP contribution is -2.17. The Morgan fingerprint density at radius 1 is 0.814 bits per heavy atom. The van der Waals surface area contributed by atoms with Gasteiger partial charge in [-0.3, -0.25) is 9.59 Å². The highest BCUT2D eigenvalue weighted by Crippen LogP contribution is 2.36. The van der Waals surface area contributed by atoms with Gasteiger partial charge in [0.1, 0.15) is 5.71 Å². The van der Waals surface area contributed by atoms with Crippen molar-refractivity contribution in [1.29, 1.82) is 0 Å². The molecular weight excluding hydrogens is 544 g/mol. The molecule has 0 spiro atoms. The predicted molar refractivity (Wildman–Crippen MR) is 164 cm³/mol. The van der Waals surface area contributed by atoms with Crippen LogP contribution in [0.1, 0.15) is 64.8 Å². The quantitative estimate of drug-likeness (QED) is 0.0860. The standard InChI is InChI=1S/C35H30N2O6/c1-3-30(36-43-22(2)38)34(40)25-12-16-31-28(20-25)29-21-26(35-41-18-7-19-42-35)13-17-32(29)37(31)27-14-10-24(11-15-27)33(39)23-8-5-4-6-9-23/h4-6,8-17,20-21,35H,3,7,18-19H2,1-2H3. The monoisotopic (exact) mass is 574 g/mol. The predicted octanol–water partition coefficient (Wildman–Crippen LogP) is 6.96. The van der Waals surface area contributed by atoms with E-state index in [1.165, 1.54) is 6.92 Å². The van der Waals surface area contributed by atoms with Crippen molar-refractivity contribution in [3.05, 3.63) is 113 Å². The summed E-state index contributed by atoms with van der Waals surface area (Å²) in [6.07, 6.45) is 0.689. The Kier molecular flexibility index (Phi) is 7.96. The molecule has 2 heterocycles. The van der Waals surface area contributed by atoms with Crippen LogP contribution in [0.3, 0.4) is 0 Å². The Labute approximate surface area is 248 Å². The number of nitrogens with zero attached hydrogens (tertiary/aromatic N) is 2. The Morgan fingerprint density at radius 2 is 1.44 bits per heavy atom. The van der Waals surface area contributed by atoms with Crippen LogP contribution in [0.25, 0.3) is 27.5 Å². The molecule has 0 amide bonds. The summed E-state index contributed by atoms with van der Waals surface area (Å²) in [4.78, 5) is 42.5. The lowest BCUT2D eigenvalue weighted by Gasteiger charge is -2.23. The Bertz CT molecular complexity index is 1870. The number of carbonyl (C=O) groups excluding carboxylic acids is 3. The van der Waals surface area contributed by atoms with Gasteiger partial charge in [-0.25, -0.2) is 4.79 Å². The highest BCUT2D eigenvalue weighted by atomic mass is 16.7. The van der Waals surface area contributed by atoms with Crippen molar-refractivity contribution in [2.45, 2.75) is 33.0 Å². The van der Waals surface area contributed by atoms with Crippen molar-refractivity contribution in [3.63, 3.8) is 0 Å². The number of benzene rings is 4. The first-order chi connectivity index (χ1) is 20.9. The first-order valence-electron chi connectivity index (χ1n) is 14.2. The average molecular weight is 575 g/mol. The summed E-state index contributed by atoms with van der Waals surface area (Å²) in [5.74, 6) is -0.948. The SMILES string of the molecule is CCC(=NOC(C)=O)C(=O)c1ccc2c(c1)c1cc(C3OCCCO3)ccc1n2-c1ccc(C(=O)c2ccccc2)cc1. The minimum absolute atomic E-state index is 0.0446. The average Bonchev–Trinajstić information content (AvgIpc) is 3.38. The number of rotatable bonds is 8. The fourth-order valence-corrected chi connectivity index (χ4v) is 5.36. The lowest BCUT2D eigenvalue weighted by atomic mass is 10.0. The third kappa shape index (κ3) is 5.62. The highest BCUT2D eigenvalue weighted by Gasteiger charge is 2.22. The molecule has 8 nitrogen and oxygen atoms in total. The largest absolute Gasteiger partial charge is 0.348 e. The first kappa shape index (κ1) is 28.2. The van der Waals surface area contributed by atoms with E-state index < -0.39 is 12.3 Å². The molecular formula is C35H30N2O6. The van der Waals surface area contributed by atoms with E-state index in [0.717, 1.165) is 39.5 Å². The van der Waals surface area contributed by atoms with Gasteiger partial charge in [0.15, 0.2) is 12.1 Å². The second kappa shape index (κ2) is 12.1. The van der Waals surface area contributed by atoms with Crippen molar-refractivity contribution < 1.29 is 28.7 Å². The molecule has 5 aromatic rings. The molecule has 6 rings (SSSR count). The van der Waals surface area contributed by atoms with E-state index in [2.05, 4.69) is 9.72 Å². The second-order valence-corrected chi connectivity index (χ2v) is 10.3. The minimum Gasteiger partial charge on any atom is -0.348 e. The molecule has 0 radical (unpaired) electrons. The molecule has 216 valence electrons.